The maximum absolute atomic E-state index is 5.81. The molecule has 4 heterocycles. The molecule has 0 aliphatic carbocycles. The highest BCUT2D eigenvalue weighted by atomic mass is 79.9. The lowest BCUT2D eigenvalue weighted by Gasteiger charge is -2.09. The Hall–Kier alpha value is -2.93. The first-order valence-corrected chi connectivity index (χ1v) is 8.88. The Morgan fingerprint density at radius 1 is 1.08 bits per heavy atom. The molecule has 0 saturated heterocycles. The lowest BCUT2D eigenvalue weighted by Crippen LogP contribution is -1.97. The number of aromatic nitrogens is 2. The van der Waals surface area contributed by atoms with Crippen LogP contribution in [-0.2, 0) is 0 Å². The Labute approximate surface area is 157 Å². The van der Waals surface area contributed by atoms with Gasteiger partial charge in [-0.15, -0.1) is 0 Å². The maximum atomic E-state index is 5.81. The third-order valence-electron chi connectivity index (χ3n) is 4.19. The van der Waals surface area contributed by atoms with Crippen molar-refractivity contribution in [1.29, 1.82) is 0 Å². The molecule has 1 aliphatic rings. The highest BCUT2D eigenvalue weighted by Crippen LogP contribution is 2.37. The molecule has 0 spiro atoms. The number of rotatable bonds is 3. The van der Waals surface area contributed by atoms with E-state index in [0.29, 0.717) is 5.76 Å². The summed E-state index contributed by atoms with van der Waals surface area (Å²) in [5, 5.41) is 3.44. The molecule has 1 N–H and O–H groups in total. The van der Waals surface area contributed by atoms with Gasteiger partial charge in [-0.25, -0.2) is 4.98 Å². The first-order valence-electron chi connectivity index (χ1n) is 8.08. The van der Waals surface area contributed by atoms with Gasteiger partial charge in [0.25, 0.3) is 0 Å². The second-order valence-electron chi connectivity index (χ2n) is 5.99. The monoisotopic (exact) mass is 411 g/mol. The first kappa shape index (κ1) is 15.3. The van der Waals surface area contributed by atoms with Crippen molar-refractivity contribution in [3.8, 4) is 23.0 Å². The van der Waals surface area contributed by atoms with E-state index in [-0.39, 0.29) is 6.79 Å². The number of nitrogens with zero attached hydrogens (tertiary/aromatic N) is 2. The third-order valence-corrected chi connectivity index (χ3v) is 4.66. The highest BCUT2D eigenvalue weighted by Gasteiger charge is 2.19. The molecule has 0 amide bonds. The summed E-state index contributed by atoms with van der Waals surface area (Å²) >= 11 is 3.53. The Kier molecular flexibility index (Phi) is 3.43. The van der Waals surface area contributed by atoms with Gasteiger partial charge < -0.3 is 19.2 Å². The van der Waals surface area contributed by atoms with E-state index in [0.717, 1.165) is 44.6 Å². The van der Waals surface area contributed by atoms with E-state index >= 15 is 0 Å². The van der Waals surface area contributed by atoms with Crippen molar-refractivity contribution < 1.29 is 13.9 Å². The van der Waals surface area contributed by atoms with Crippen LogP contribution in [0.15, 0.2) is 57.6 Å². The van der Waals surface area contributed by atoms with E-state index in [1.54, 1.807) is 0 Å². The van der Waals surface area contributed by atoms with Crippen molar-refractivity contribution in [2.75, 3.05) is 12.1 Å². The predicted octanol–water partition coefficient (Wildman–Crippen LogP) is 5.14. The molecular weight excluding hydrogens is 398 g/mol. The number of anilines is 2. The predicted molar refractivity (Wildman–Crippen MR) is 101 cm³/mol. The van der Waals surface area contributed by atoms with E-state index in [1.807, 2.05) is 60.0 Å². The minimum absolute atomic E-state index is 0.248. The van der Waals surface area contributed by atoms with Crippen molar-refractivity contribution in [3.63, 3.8) is 0 Å². The number of imidazole rings is 1. The number of hydrogen-bond acceptors (Lipinski definition) is 5. The van der Waals surface area contributed by atoms with Gasteiger partial charge >= 0.3 is 0 Å². The lowest BCUT2D eigenvalue weighted by molar-refractivity contribution is 0.174. The molecule has 7 heteroatoms. The fraction of sp³-hybridized carbons (Fsp3) is 0.105. The van der Waals surface area contributed by atoms with Crippen molar-refractivity contribution >= 4 is 33.1 Å². The van der Waals surface area contributed by atoms with E-state index in [4.69, 9.17) is 18.9 Å². The SMILES string of the molecule is Cc1ccc(-c2nc3ccc(Br)cn3c2Nc2ccc3c(c2)OCO3)o1. The summed E-state index contributed by atoms with van der Waals surface area (Å²) in [6.07, 6.45) is 1.97. The molecule has 0 atom stereocenters. The molecule has 0 radical (unpaired) electrons. The van der Waals surface area contributed by atoms with Crippen LogP contribution < -0.4 is 14.8 Å². The van der Waals surface area contributed by atoms with Gasteiger partial charge in [0.05, 0.1) is 0 Å². The van der Waals surface area contributed by atoms with Crippen LogP contribution in [0.1, 0.15) is 5.76 Å². The molecule has 3 aromatic heterocycles. The van der Waals surface area contributed by atoms with E-state index in [9.17, 15) is 0 Å². The molecule has 6 nitrogen and oxygen atoms in total. The zero-order valence-electron chi connectivity index (χ0n) is 13.8. The summed E-state index contributed by atoms with van der Waals surface area (Å²) in [5.74, 6) is 3.84. The Morgan fingerprint density at radius 2 is 1.96 bits per heavy atom. The molecule has 5 rings (SSSR count). The van der Waals surface area contributed by atoms with Gasteiger partial charge in [0, 0.05) is 22.4 Å². The fourth-order valence-corrected chi connectivity index (χ4v) is 3.32. The standard InChI is InChI=1S/C19H14BrN3O3/c1-11-2-5-15(26-11)18-19(23-9-12(20)3-7-17(23)22-18)21-13-4-6-14-16(8-13)25-10-24-14/h2-9,21H,10H2,1H3. The van der Waals surface area contributed by atoms with Gasteiger partial charge in [0.1, 0.15) is 22.9 Å². The normalized spacial score (nSPS) is 12.7. The molecule has 26 heavy (non-hydrogen) atoms. The maximum Gasteiger partial charge on any atom is 0.231 e. The summed E-state index contributed by atoms with van der Waals surface area (Å²) in [6.45, 7) is 2.17. The number of halogens is 1. The quantitative estimate of drug-likeness (QED) is 0.505. The molecule has 1 aliphatic heterocycles. The number of pyridine rings is 1. The molecule has 130 valence electrons. The minimum atomic E-state index is 0.248. The summed E-state index contributed by atoms with van der Waals surface area (Å²) < 4.78 is 19.6. The number of nitrogens with one attached hydrogen (secondary N) is 1. The van der Waals surface area contributed by atoms with Crippen LogP contribution in [0.5, 0.6) is 11.5 Å². The zero-order valence-corrected chi connectivity index (χ0v) is 15.4. The van der Waals surface area contributed by atoms with Crippen molar-refractivity contribution in [1.82, 2.24) is 9.38 Å². The van der Waals surface area contributed by atoms with Crippen LogP contribution in [0.3, 0.4) is 0 Å². The van der Waals surface area contributed by atoms with Crippen molar-refractivity contribution in [2.45, 2.75) is 6.92 Å². The second-order valence-corrected chi connectivity index (χ2v) is 6.90. The van der Waals surface area contributed by atoms with E-state index in [1.165, 1.54) is 0 Å². The minimum Gasteiger partial charge on any atom is -0.460 e. The largest absolute Gasteiger partial charge is 0.460 e. The number of furan rings is 1. The number of ether oxygens (including phenoxy) is 2. The second kappa shape index (κ2) is 5.81. The Morgan fingerprint density at radius 3 is 2.81 bits per heavy atom. The van der Waals surface area contributed by atoms with Crippen LogP contribution in [0.25, 0.3) is 17.1 Å². The molecule has 0 bridgehead atoms. The average molecular weight is 412 g/mol. The number of benzene rings is 1. The van der Waals surface area contributed by atoms with Crippen LogP contribution in [-0.4, -0.2) is 16.2 Å². The summed E-state index contributed by atoms with van der Waals surface area (Å²) in [6, 6.07) is 13.5. The van der Waals surface area contributed by atoms with Gasteiger partial charge in [-0.3, -0.25) is 4.40 Å². The number of aryl methyl sites for hydroxylation is 1. The summed E-state index contributed by atoms with van der Waals surface area (Å²) in [4.78, 5) is 4.74. The molecule has 1 aromatic carbocycles. The Bertz CT molecular complexity index is 1130. The van der Waals surface area contributed by atoms with E-state index in [2.05, 4.69) is 21.2 Å². The lowest BCUT2D eigenvalue weighted by atomic mass is 10.2. The number of hydrogen-bond donors (Lipinski definition) is 1. The van der Waals surface area contributed by atoms with E-state index < -0.39 is 0 Å². The highest BCUT2D eigenvalue weighted by molar-refractivity contribution is 9.10. The van der Waals surface area contributed by atoms with Gasteiger partial charge in [0.2, 0.25) is 6.79 Å². The average Bonchev–Trinajstić information content (AvgIpc) is 3.34. The molecule has 0 unspecified atom stereocenters. The molecule has 4 aromatic rings. The number of fused-ring (bicyclic) bond motifs is 2. The van der Waals surface area contributed by atoms with Gasteiger partial charge in [-0.05, 0) is 59.3 Å². The summed E-state index contributed by atoms with van der Waals surface area (Å²) in [7, 11) is 0. The summed E-state index contributed by atoms with van der Waals surface area (Å²) in [5.41, 5.74) is 2.44. The van der Waals surface area contributed by atoms with Crippen LogP contribution >= 0.6 is 15.9 Å². The Balaban J connectivity index is 1.66. The molecule has 0 saturated carbocycles. The van der Waals surface area contributed by atoms with Crippen molar-refractivity contribution in [3.05, 3.63) is 58.9 Å². The van der Waals surface area contributed by atoms with Crippen molar-refractivity contribution in [2.24, 2.45) is 0 Å². The van der Waals surface area contributed by atoms with Crippen LogP contribution in [0, 0.1) is 6.92 Å². The van der Waals surface area contributed by atoms with Gasteiger partial charge in [-0.1, -0.05) is 0 Å². The van der Waals surface area contributed by atoms with Gasteiger partial charge in [-0.2, -0.15) is 0 Å². The smallest absolute Gasteiger partial charge is 0.231 e. The zero-order chi connectivity index (χ0) is 17.7. The fourth-order valence-electron chi connectivity index (χ4n) is 2.98. The van der Waals surface area contributed by atoms with Gasteiger partial charge in [0.15, 0.2) is 17.3 Å². The molecular formula is C19H14BrN3O3. The molecule has 0 fully saturated rings. The third kappa shape index (κ3) is 2.52. The van der Waals surface area contributed by atoms with Crippen LogP contribution in [0.2, 0.25) is 0 Å². The first-order chi connectivity index (χ1) is 12.7. The topological polar surface area (TPSA) is 60.9 Å². The van der Waals surface area contributed by atoms with Crippen LogP contribution in [0.4, 0.5) is 11.5 Å².